The number of nitrogens with one attached hydrogen (secondary N) is 1. The highest BCUT2D eigenvalue weighted by Crippen LogP contribution is 2.12. The molecule has 0 spiro atoms. The van der Waals surface area contributed by atoms with Gasteiger partial charge < -0.3 is 5.32 Å². The zero-order chi connectivity index (χ0) is 16.8. The first-order chi connectivity index (χ1) is 11.7. The molecule has 5 nitrogen and oxygen atoms in total. The molecule has 122 valence electrons. The third kappa shape index (κ3) is 4.52. The standard InChI is InChI=1S/C19H20N4O/c1-15-2-4-16(5-3-15)8-11-19(24)22-18-9-6-17(7-10-18)12-23-14-20-13-21-23/h2-7,9-10,13-14H,8,11-12H2,1H3,(H,22,24). The van der Waals surface area contributed by atoms with E-state index in [2.05, 4.69) is 46.6 Å². The maximum atomic E-state index is 12.1. The number of hydrogen-bond donors (Lipinski definition) is 1. The summed E-state index contributed by atoms with van der Waals surface area (Å²) < 4.78 is 1.76. The largest absolute Gasteiger partial charge is 0.326 e. The van der Waals surface area contributed by atoms with E-state index in [1.165, 1.54) is 17.5 Å². The SMILES string of the molecule is Cc1ccc(CCC(=O)Nc2ccc(Cn3cncn3)cc2)cc1. The Kier molecular flexibility index (Phi) is 5.01. The first-order valence-electron chi connectivity index (χ1n) is 7.96. The molecule has 0 saturated heterocycles. The zero-order valence-electron chi connectivity index (χ0n) is 13.6. The van der Waals surface area contributed by atoms with Gasteiger partial charge in [0.1, 0.15) is 12.7 Å². The van der Waals surface area contributed by atoms with Gasteiger partial charge in [-0.2, -0.15) is 5.10 Å². The number of carbonyl (C=O) groups excluding carboxylic acids is 1. The maximum Gasteiger partial charge on any atom is 0.224 e. The van der Waals surface area contributed by atoms with E-state index >= 15 is 0 Å². The summed E-state index contributed by atoms with van der Waals surface area (Å²) in [6.45, 7) is 2.73. The lowest BCUT2D eigenvalue weighted by Gasteiger charge is -2.07. The molecular weight excluding hydrogens is 300 g/mol. The Bertz CT molecular complexity index is 777. The van der Waals surface area contributed by atoms with Gasteiger partial charge in [-0.05, 0) is 36.6 Å². The van der Waals surface area contributed by atoms with Crippen molar-refractivity contribution in [2.45, 2.75) is 26.3 Å². The van der Waals surface area contributed by atoms with Crippen molar-refractivity contribution in [3.05, 3.63) is 77.9 Å². The Morgan fingerprint density at radius 1 is 1.04 bits per heavy atom. The van der Waals surface area contributed by atoms with E-state index in [4.69, 9.17) is 0 Å². The first-order valence-corrected chi connectivity index (χ1v) is 7.96. The number of amides is 1. The highest BCUT2D eigenvalue weighted by Gasteiger charge is 2.04. The van der Waals surface area contributed by atoms with Crippen molar-refractivity contribution in [2.24, 2.45) is 0 Å². The fourth-order valence-electron chi connectivity index (χ4n) is 2.43. The summed E-state index contributed by atoms with van der Waals surface area (Å²) in [6.07, 6.45) is 4.42. The van der Waals surface area contributed by atoms with E-state index in [-0.39, 0.29) is 5.91 Å². The number of aryl methyl sites for hydroxylation is 2. The molecule has 0 atom stereocenters. The van der Waals surface area contributed by atoms with Crippen molar-refractivity contribution in [3.8, 4) is 0 Å². The third-order valence-corrected chi connectivity index (χ3v) is 3.81. The van der Waals surface area contributed by atoms with E-state index < -0.39 is 0 Å². The fraction of sp³-hybridized carbons (Fsp3) is 0.211. The van der Waals surface area contributed by atoms with Crippen LogP contribution in [0.15, 0.2) is 61.2 Å². The lowest BCUT2D eigenvalue weighted by molar-refractivity contribution is -0.116. The molecule has 1 N–H and O–H groups in total. The van der Waals surface area contributed by atoms with Crippen LogP contribution in [0.5, 0.6) is 0 Å². The van der Waals surface area contributed by atoms with Gasteiger partial charge in [-0.3, -0.25) is 4.79 Å². The predicted octanol–water partition coefficient (Wildman–Crippen LogP) is 3.21. The van der Waals surface area contributed by atoms with Gasteiger partial charge in [0.25, 0.3) is 0 Å². The number of nitrogens with zero attached hydrogens (tertiary/aromatic N) is 3. The Labute approximate surface area is 141 Å². The van der Waals surface area contributed by atoms with E-state index in [9.17, 15) is 4.79 Å². The van der Waals surface area contributed by atoms with Crippen LogP contribution in [0.4, 0.5) is 5.69 Å². The summed E-state index contributed by atoms with van der Waals surface area (Å²) in [6, 6.07) is 16.1. The summed E-state index contributed by atoms with van der Waals surface area (Å²) in [7, 11) is 0. The van der Waals surface area contributed by atoms with E-state index in [1.54, 1.807) is 11.0 Å². The van der Waals surface area contributed by atoms with Gasteiger partial charge in [0, 0.05) is 12.1 Å². The molecular formula is C19H20N4O. The van der Waals surface area contributed by atoms with Crippen LogP contribution in [0.3, 0.4) is 0 Å². The van der Waals surface area contributed by atoms with Crippen LogP contribution in [-0.2, 0) is 17.8 Å². The van der Waals surface area contributed by atoms with Crippen molar-refractivity contribution in [1.82, 2.24) is 14.8 Å². The molecule has 2 aromatic carbocycles. The van der Waals surface area contributed by atoms with E-state index in [1.807, 2.05) is 24.3 Å². The van der Waals surface area contributed by atoms with E-state index in [0.717, 1.165) is 17.7 Å². The van der Waals surface area contributed by atoms with Crippen LogP contribution in [-0.4, -0.2) is 20.7 Å². The van der Waals surface area contributed by atoms with Gasteiger partial charge in [-0.1, -0.05) is 42.0 Å². The molecule has 0 saturated carbocycles. The molecule has 0 radical (unpaired) electrons. The molecule has 0 aliphatic carbocycles. The lowest BCUT2D eigenvalue weighted by atomic mass is 10.1. The molecule has 1 amide bonds. The summed E-state index contributed by atoms with van der Waals surface area (Å²) in [4.78, 5) is 16.0. The molecule has 0 fully saturated rings. The second-order valence-corrected chi connectivity index (χ2v) is 5.82. The van der Waals surface area contributed by atoms with Crippen molar-refractivity contribution in [3.63, 3.8) is 0 Å². The van der Waals surface area contributed by atoms with Crippen LogP contribution >= 0.6 is 0 Å². The van der Waals surface area contributed by atoms with Gasteiger partial charge in [0.15, 0.2) is 0 Å². The monoisotopic (exact) mass is 320 g/mol. The molecule has 5 heteroatoms. The molecule has 1 heterocycles. The number of benzene rings is 2. The Morgan fingerprint density at radius 2 is 1.75 bits per heavy atom. The third-order valence-electron chi connectivity index (χ3n) is 3.81. The van der Waals surface area contributed by atoms with Gasteiger partial charge >= 0.3 is 0 Å². The number of anilines is 1. The highest BCUT2D eigenvalue weighted by molar-refractivity contribution is 5.90. The lowest BCUT2D eigenvalue weighted by Crippen LogP contribution is -2.12. The van der Waals surface area contributed by atoms with E-state index in [0.29, 0.717) is 13.0 Å². The highest BCUT2D eigenvalue weighted by atomic mass is 16.1. The topological polar surface area (TPSA) is 59.8 Å². The molecule has 24 heavy (non-hydrogen) atoms. The van der Waals surface area contributed by atoms with Crippen molar-refractivity contribution < 1.29 is 4.79 Å². The van der Waals surface area contributed by atoms with Crippen LogP contribution in [0.25, 0.3) is 0 Å². The summed E-state index contributed by atoms with van der Waals surface area (Å²) in [5, 5.41) is 7.01. The molecule has 3 rings (SSSR count). The average molecular weight is 320 g/mol. The number of hydrogen-bond acceptors (Lipinski definition) is 3. The second-order valence-electron chi connectivity index (χ2n) is 5.82. The number of carbonyl (C=O) groups is 1. The Balaban J connectivity index is 1.49. The summed E-state index contributed by atoms with van der Waals surface area (Å²) in [5.74, 6) is 0.0274. The van der Waals surface area contributed by atoms with Crippen LogP contribution in [0.1, 0.15) is 23.1 Å². The summed E-state index contributed by atoms with van der Waals surface area (Å²) >= 11 is 0. The quantitative estimate of drug-likeness (QED) is 0.758. The average Bonchev–Trinajstić information content (AvgIpc) is 3.09. The van der Waals surface area contributed by atoms with Crippen LogP contribution in [0.2, 0.25) is 0 Å². The van der Waals surface area contributed by atoms with Crippen molar-refractivity contribution in [1.29, 1.82) is 0 Å². The molecule has 0 bridgehead atoms. The Hall–Kier alpha value is -2.95. The van der Waals surface area contributed by atoms with Crippen LogP contribution in [0, 0.1) is 6.92 Å². The van der Waals surface area contributed by atoms with Gasteiger partial charge in [-0.25, -0.2) is 9.67 Å². The van der Waals surface area contributed by atoms with Gasteiger partial charge in [0.2, 0.25) is 5.91 Å². The normalized spacial score (nSPS) is 10.5. The fourth-order valence-corrected chi connectivity index (χ4v) is 2.43. The van der Waals surface area contributed by atoms with Crippen molar-refractivity contribution >= 4 is 11.6 Å². The van der Waals surface area contributed by atoms with Gasteiger partial charge in [0.05, 0.1) is 6.54 Å². The molecule has 3 aromatic rings. The number of aromatic nitrogens is 3. The zero-order valence-corrected chi connectivity index (χ0v) is 13.6. The molecule has 0 unspecified atom stereocenters. The minimum atomic E-state index is 0.0274. The smallest absolute Gasteiger partial charge is 0.224 e. The minimum absolute atomic E-state index is 0.0274. The van der Waals surface area contributed by atoms with Gasteiger partial charge in [-0.15, -0.1) is 0 Å². The number of rotatable bonds is 6. The molecule has 1 aromatic heterocycles. The predicted molar refractivity (Wildman–Crippen MR) is 93.7 cm³/mol. The molecule has 0 aliphatic rings. The maximum absolute atomic E-state index is 12.1. The first kappa shape index (κ1) is 15.9. The Morgan fingerprint density at radius 3 is 2.42 bits per heavy atom. The minimum Gasteiger partial charge on any atom is -0.326 e. The van der Waals surface area contributed by atoms with Crippen LogP contribution < -0.4 is 5.32 Å². The summed E-state index contributed by atoms with van der Waals surface area (Å²) in [5.41, 5.74) is 4.33. The molecule has 0 aliphatic heterocycles. The second kappa shape index (κ2) is 7.55. The van der Waals surface area contributed by atoms with Crippen molar-refractivity contribution in [2.75, 3.05) is 5.32 Å².